The highest BCUT2D eigenvalue weighted by molar-refractivity contribution is 6.00. The summed E-state index contributed by atoms with van der Waals surface area (Å²) >= 11 is 0. The van der Waals surface area contributed by atoms with Crippen molar-refractivity contribution in [1.29, 1.82) is 0 Å². The molecule has 0 saturated heterocycles. The highest BCUT2D eigenvalue weighted by atomic mass is 16.5. The Kier molecular flexibility index (Phi) is 5.71. The van der Waals surface area contributed by atoms with Gasteiger partial charge in [-0.1, -0.05) is 42.5 Å². The lowest BCUT2D eigenvalue weighted by Gasteiger charge is -2.17. The van der Waals surface area contributed by atoms with Crippen LogP contribution in [0.5, 0.6) is 5.75 Å². The smallest absolute Gasteiger partial charge is 0.328 e. The van der Waals surface area contributed by atoms with Gasteiger partial charge in [-0.3, -0.25) is 4.79 Å². The van der Waals surface area contributed by atoms with Gasteiger partial charge in [-0.2, -0.15) is 0 Å². The molecule has 3 rings (SSSR count). The molecule has 5 nitrogen and oxygen atoms in total. The molecular weight excluding hydrogens is 342 g/mol. The Bertz CT molecular complexity index is 950. The Balaban J connectivity index is 1.77. The molecule has 0 radical (unpaired) electrons. The van der Waals surface area contributed by atoms with Crippen LogP contribution in [-0.4, -0.2) is 32.1 Å². The minimum Gasteiger partial charge on any atom is -0.497 e. The van der Waals surface area contributed by atoms with E-state index < -0.39 is 12.0 Å². The Morgan fingerprint density at radius 3 is 2.30 bits per heavy atom. The quantitative estimate of drug-likeness (QED) is 0.682. The summed E-state index contributed by atoms with van der Waals surface area (Å²) in [6.45, 7) is 0. The summed E-state index contributed by atoms with van der Waals surface area (Å²) in [5.41, 5.74) is 1.39. The van der Waals surface area contributed by atoms with Gasteiger partial charge in [-0.05, 0) is 40.6 Å². The highest BCUT2D eigenvalue weighted by Crippen LogP contribution is 2.17. The predicted molar refractivity (Wildman–Crippen MR) is 104 cm³/mol. The molecule has 138 valence electrons. The summed E-state index contributed by atoms with van der Waals surface area (Å²) < 4.78 is 10.00. The van der Waals surface area contributed by atoms with Gasteiger partial charge < -0.3 is 14.8 Å². The van der Waals surface area contributed by atoms with E-state index in [4.69, 9.17) is 9.47 Å². The SMILES string of the molecule is COC(=O)[C@H](Cc1ccc(OC)cc1)NC(=O)c1ccc2ccccc2c1. The lowest BCUT2D eigenvalue weighted by molar-refractivity contribution is -0.142. The molecule has 1 N–H and O–H groups in total. The number of benzene rings is 3. The summed E-state index contributed by atoms with van der Waals surface area (Å²) in [5.74, 6) is -0.0711. The zero-order chi connectivity index (χ0) is 19.2. The summed E-state index contributed by atoms with van der Waals surface area (Å²) in [6.07, 6.45) is 0.329. The number of hydrogen-bond donors (Lipinski definition) is 1. The van der Waals surface area contributed by atoms with E-state index in [0.717, 1.165) is 22.1 Å². The van der Waals surface area contributed by atoms with Gasteiger partial charge in [0, 0.05) is 12.0 Å². The molecule has 1 amide bonds. The van der Waals surface area contributed by atoms with Crippen LogP contribution in [0.15, 0.2) is 66.7 Å². The fourth-order valence-electron chi connectivity index (χ4n) is 2.91. The Labute approximate surface area is 157 Å². The number of carbonyl (C=O) groups is 2. The summed E-state index contributed by atoms with van der Waals surface area (Å²) in [5, 5.41) is 4.80. The van der Waals surface area contributed by atoms with E-state index >= 15 is 0 Å². The van der Waals surface area contributed by atoms with Crippen molar-refractivity contribution in [3.8, 4) is 5.75 Å². The van der Waals surface area contributed by atoms with Crippen molar-refractivity contribution >= 4 is 22.6 Å². The summed E-state index contributed by atoms with van der Waals surface area (Å²) in [7, 11) is 2.90. The average molecular weight is 363 g/mol. The van der Waals surface area contributed by atoms with Crippen LogP contribution < -0.4 is 10.1 Å². The van der Waals surface area contributed by atoms with Crippen molar-refractivity contribution in [3.05, 3.63) is 77.9 Å². The van der Waals surface area contributed by atoms with Crippen molar-refractivity contribution in [2.45, 2.75) is 12.5 Å². The third-order valence-corrected chi connectivity index (χ3v) is 4.40. The summed E-state index contributed by atoms with van der Waals surface area (Å²) in [4.78, 5) is 24.8. The Morgan fingerprint density at radius 1 is 0.926 bits per heavy atom. The van der Waals surface area contributed by atoms with Crippen molar-refractivity contribution in [3.63, 3.8) is 0 Å². The minimum absolute atomic E-state index is 0.315. The number of methoxy groups -OCH3 is 2. The molecule has 0 aromatic heterocycles. The van der Waals surface area contributed by atoms with Crippen LogP contribution in [0, 0.1) is 0 Å². The molecule has 0 aliphatic heterocycles. The molecule has 27 heavy (non-hydrogen) atoms. The number of carbonyl (C=O) groups excluding carboxylic acids is 2. The Hall–Kier alpha value is -3.34. The molecular formula is C22H21NO4. The third-order valence-electron chi connectivity index (χ3n) is 4.40. The van der Waals surface area contributed by atoms with E-state index in [9.17, 15) is 9.59 Å². The molecule has 1 atom stereocenters. The number of esters is 1. The first-order valence-electron chi connectivity index (χ1n) is 8.61. The second-order valence-corrected chi connectivity index (χ2v) is 6.16. The molecule has 0 spiro atoms. The molecule has 0 unspecified atom stereocenters. The molecule has 5 heteroatoms. The van der Waals surface area contributed by atoms with E-state index in [1.54, 1.807) is 13.2 Å². The second-order valence-electron chi connectivity index (χ2n) is 6.16. The third kappa shape index (κ3) is 4.44. The van der Waals surface area contributed by atoms with Crippen LogP contribution in [-0.2, 0) is 16.0 Å². The van der Waals surface area contributed by atoms with Gasteiger partial charge in [-0.25, -0.2) is 4.79 Å². The first-order chi connectivity index (χ1) is 13.1. The van der Waals surface area contributed by atoms with Crippen molar-refractivity contribution in [2.24, 2.45) is 0 Å². The van der Waals surface area contributed by atoms with E-state index in [-0.39, 0.29) is 5.91 Å². The zero-order valence-electron chi connectivity index (χ0n) is 15.3. The highest BCUT2D eigenvalue weighted by Gasteiger charge is 2.22. The number of fused-ring (bicyclic) bond motifs is 1. The predicted octanol–water partition coefficient (Wildman–Crippen LogP) is 3.36. The van der Waals surface area contributed by atoms with Gasteiger partial charge >= 0.3 is 5.97 Å². The molecule has 0 fully saturated rings. The van der Waals surface area contributed by atoms with Gasteiger partial charge in [0.2, 0.25) is 0 Å². The van der Waals surface area contributed by atoms with Crippen LogP contribution in [0.25, 0.3) is 10.8 Å². The molecule has 3 aromatic rings. The number of amides is 1. The number of nitrogens with one attached hydrogen (secondary N) is 1. The Morgan fingerprint density at radius 2 is 1.63 bits per heavy atom. The first kappa shape index (κ1) is 18.5. The van der Waals surface area contributed by atoms with Crippen LogP contribution in [0.1, 0.15) is 15.9 Å². The van der Waals surface area contributed by atoms with Gasteiger partial charge in [0.15, 0.2) is 0 Å². The van der Waals surface area contributed by atoms with E-state index in [1.165, 1.54) is 7.11 Å². The molecule has 0 bridgehead atoms. The maximum Gasteiger partial charge on any atom is 0.328 e. The average Bonchev–Trinajstić information content (AvgIpc) is 2.72. The maximum absolute atomic E-state index is 12.7. The molecule has 0 aliphatic carbocycles. The topological polar surface area (TPSA) is 64.6 Å². The fourth-order valence-corrected chi connectivity index (χ4v) is 2.91. The summed E-state index contributed by atoms with van der Waals surface area (Å²) in [6, 6.07) is 19.8. The lowest BCUT2D eigenvalue weighted by atomic mass is 10.0. The van der Waals surface area contributed by atoms with E-state index in [2.05, 4.69) is 5.32 Å². The molecule has 3 aromatic carbocycles. The lowest BCUT2D eigenvalue weighted by Crippen LogP contribution is -2.43. The van der Waals surface area contributed by atoms with Crippen LogP contribution in [0.2, 0.25) is 0 Å². The maximum atomic E-state index is 12.7. The van der Waals surface area contributed by atoms with Crippen LogP contribution in [0.4, 0.5) is 0 Å². The molecule has 0 heterocycles. The van der Waals surface area contributed by atoms with Gasteiger partial charge in [0.1, 0.15) is 11.8 Å². The van der Waals surface area contributed by atoms with Gasteiger partial charge in [0.05, 0.1) is 14.2 Å². The van der Waals surface area contributed by atoms with Crippen molar-refractivity contribution < 1.29 is 19.1 Å². The normalized spacial score (nSPS) is 11.6. The largest absolute Gasteiger partial charge is 0.497 e. The second kappa shape index (κ2) is 8.36. The van der Waals surface area contributed by atoms with Crippen LogP contribution >= 0.6 is 0 Å². The van der Waals surface area contributed by atoms with Crippen molar-refractivity contribution in [2.75, 3.05) is 14.2 Å². The van der Waals surface area contributed by atoms with Crippen molar-refractivity contribution in [1.82, 2.24) is 5.32 Å². The standard InChI is InChI=1S/C22H21NO4/c1-26-19-11-7-15(8-12-19)13-20(22(25)27-2)23-21(24)18-10-9-16-5-3-4-6-17(16)14-18/h3-12,14,20H,13H2,1-2H3,(H,23,24)/t20-/m0/s1. The number of rotatable bonds is 6. The minimum atomic E-state index is -0.776. The van der Waals surface area contributed by atoms with Gasteiger partial charge in [0.25, 0.3) is 5.91 Å². The van der Waals surface area contributed by atoms with E-state index in [0.29, 0.717) is 12.0 Å². The molecule has 0 saturated carbocycles. The molecule has 0 aliphatic rings. The monoisotopic (exact) mass is 363 g/mol. The zero-order valence-corrected chi connectivity index (χ0v) is 15.3. The van der Waals surface area contributed by atoms with Gasteiger partial charge in [-0.15, -0.1) is 0 Å². The van der Waals surface area contributed by atoms with E-state index in [1.807, 2.05) is 60.7 Å². The number of hydrogen-bond acceptors (Lipinski definition) is 4. The van der Waals surface area contributed by atoms with Crippen LogP contribution in [0.3, 0.4) is 0 Å². The fraction of sp³-hybridized carbons (Fsp3) is 0.182. The number of ether oxygens (including phenoxy) is 2. The first-order valence-corrected chi connectivity index (χ1v) is 8.61.